The second kappa shape index (κ2) is 7.79. The van der Waals surface area contributed by atoms with Crippen molar-refractivity contribution in [1.82, 2.24) is 18.7 Å². The van der Waals surface area contributed by atoms with Crippen molar-refractivity contribution in [3.8, 4) is 0 Å². The third kappa shape index (κ3) is 3.27. The highest BCUT2D eigenvalue weighted by atomic mass is 32.2. The van der Waals surface area contributed by atoms with Gasteiger partial charge in [-0.25, -0.2) is 9.78 Å². The van der Waals surface area contributed by atoms with Crippen molar-refractivity contribution < 1.29 is 4.79 Å². The number of thioether (sulfide) groups is 1. The summed E-state index contributed by atoms with van der Waals surface area (Å²) in [4.78, 5) is 44.5. The average molecular weight is 428 g/mol. The fourth-order valence-corrected chi connectivity index (χ4v) is 4.97. The number of hydrogen-bond acceptors (Lipinski definition) is 5. The molecular weight excluding hydrogens is 402 g/mol. The number of fused-ring (bicyclic) bond motifs is 2. The minimum atomic E-state index is -0.418. The van der Waals surface area contributed by atoms with Crippen LogP contribution in [-0.2, 0) is 25.3 Å². The van der Waals surface area contributed by atoms with Crippen LogP contribution in [0.1, 0.15) is 31.9 Å². The highest BCUT2D eigenvalue weighted by Gasteiger charge is 2.25. The van der Waals surface area contributed by atoms with E-state index in [2.05, 4.69) is 11.1 Å². The van der Waals surface area contributed by atoms with E-state index in [1.165, 1.54) is 28.9 Å². The summed E-state index contributed by atoms with van der Waals surface area (Å²) in [6.07, 6.45) is 1.92. The zero-order valence-corrected chi connectivity index (χ0v) is 18.4. The Kier molecular flexibility index (Phi) is 5.31. The third-order valence-electron chi connectivity index (χ3n) is 5.51. The maximum absolute atomic E-state index is 13.0. The van der Waals surface area contributed by atoms with Gasteiger partial charge in [0.05, 0.1) is 5.75 Å². The quantitative estimate of drug-likeness (QED) is 0.596. The van der Waals surface area contributed by atoms with Crippen molar-refractivity contribution in [1.29, 1.82) is 0 Å². The van der Waals surface area contributed by atoms with E-state index in [1.54, 1.807) is 7.05 Å². The lowest BCUT2D eigenvalue weighted by molar-refractivity contribution is -0.116. The highest BCUT2D eigenvalue weighted by Crippen LogP contribution is 2.29. The number of imidazole rings is 1. The van der Waals surface area contributed by atoms with E-state index >= 15 is 0 Å². The second-order valence-corrected chi connectivity index (χ2v) is 8.74. The van der Waals surface area contributed by atoms with Gasteiger partial charge >= 0.3 is 5.69 Å². The van der Waals surface area contributed by atoms with Gasteiger partial charge in [0.25, 0.3) is 5.56 Å². The van der Waals surface area contributed by atoms with E-state index in [1.807, 2.05) is 41.5 Å². The van der Waals surface area contributed by atoms with Crippen LogP contribution < -0.4 is 16.1 Å². The van der Waals surface area contributed by atoms with Crippen molar-refractivity contribution in [3.63, 3.8) is 0 Å². The van der Waals surface area contributed by atoms with Crippen molar-refractivity contribution in [2.75, 3.05) is 17.2 Å². The number of aryl methyl sites for hydroxylation is 2. The number of aromatic nitrogens is 4. The first-order chi connectivity index (χ1) is 14.3. The number of benzene rings is 1. The molecule has 0 radical (unpaired) electrons. The lowest BCUT2D eigenvalue weighted by Gasteiger charge is -2.29. The Morgan fingerprint density at radius 3 is 2.63 bits per heavy atom. The second-order valence-electron chi connectivity index (χ2n) is 7.80. The number of nitrogens with zero attached hydrogens (tertiary/aromatic N) is 5. The van der Waals surface area contributed by atoms with Gasteiger partial charge in [0.1, 0.15) is 0 Å². The van der Waals surface area contributed by atoms with Gasteiger partial charge < -0.3 is 9.47 Å². The van der Waals surface area contributed by atoms with Crippen LogP contribution in [0, 0.1) is 0 Å². The Morgan fingerprint density at radius 2 is 1.90 bits per heavy atom. The number of amides is 1. The maximum Gasteiger partial charge on any atom is 0.332 e. The number of carbonyl (C=O) groups excluding carboxylic acids is 1. The number of rotatable bonds is 4. The predicted octanol–water partition coefficient (Wildman–Crippen LogP) is 2.09. The van der Waals surface area contributed by atoms with Crippen LogP contribution in [0.25, 0.3) is 11.2 Å². The first kappa shape index (κ1) is 20.5. The molecule has 1 amide bonds. The summed E-state index contributed by atoms with van der Waals surface area (Å²) in [6, 6.07) is 7.95. The van der Waals surface area contributed by atoms with Gasteiger partial charge in [-0.3, -0.25) is 18.7 Å². The van der Waals surface area contributed by atoms with Gasteiger partial charge in [0.2, 0.25) is 5.91 Å². The van der Waals surface area contributed by atoms with Gasteiger partial charge in [0, 0.05) is 32.4 Å². The Bertz CT molecular complexity index is 1250. The average Bonchev–Trinajstić information content (AvgIpc) is 3.14. The first-order valence-electron chi connectivity index (χ1n) is 10.00. The Balaban J connectivity index is 1.68. The molecule has 3 heterocycles. The molecule has 0 aliphatic carbocycles. The highest BCUT2D eigenvalue weighted by molar-refractivity contribution is 7.99. The van der Waals surface area contributed by atoms with E-state index < -0.39 is 5.69 Å². The molecule has 0 fully saturated rings. The fraction of sp³-hybridized carbons (Fsp3) is 0.429. The van der Waals surface area contributed by atoms with Gasteiger partial charge in [0.15, 0.2) is 16.3 Å². The molecule has 30 heavy (non-hydrogen) atoms. The summed E-state index contributed by atoms with van der Waals surface area (Å²) in [5.41, 5.74) is 2.09. The molecule has 0 saturated carbocycles. The molecule has 0 bridgehead atoms. The smallest absolute Gasteiger partial charge is 0.311 e. The summed E-state index contributed by atoms with van der Waals surface area (Å²) in [6.45, 7) is 4.61. The SMILES string of the molecule is CC(C)n1c(SCC(=O)N2CCCc3ccccc32)nc2c1c(=O)n(C)c(=O)n2C. The van der Waals surface area contributed by atoms with Gasteiger partial charge in [-0.2, -0.15) is 0 Å². The van der Waals surface area contributed by atoms with Crippen molar-refractivity contribution in [2.45, 2.75) is 37.9 Å². The zero-order valence-electron chi connectivity index (χ0n) is 17.6. The molecule has 0 unspecified atom stereocenters. The van der Waals surface area contributed by atoms with E-state index in [0.717, 1.165) is 23.1 Å². The molecule has 1 aliphatic rings. The molecule has 0 N–H and O–H groups in total. The summed E-state index contributed by atoms with van der Waals surface area (Å²) >= 11 is 1.30. The van der Waals surface area contributed by atoms with Crippen LogP contribution >= 0.6 is 11.8 Å². The van der Waals surface area contributed by atoms with E-state index in [4.69, 9.17) is 0 Å². The van der Waals surface area contributed by atoms with E-state index in [0.29, 0.717) is 22.9 Å². The van der Waals surface area contributed by atoms with Crippen LogP contribution in [0.2, 0.25) is 0 Å². The number of para-hydroxylation sites is 1. The van der Waals surface area contributed by atoms with Crippen LogP contribution in [0.5, 0.6) is 0 Å². The number of anilines is 1. The number of carbonyl (C=O) groups is 1. The standard InChI is InChI=1S/C21H25N5O3S/c1-13(2)26-17-18(23(3)21(29)24(4)19(17)28)22-20(26)30-12-16(27)25-11-7-9-14-8-5-6-10-15(14)25/h5-6,8,10,13H,7,9,11-12H2,1-4H3. The zero-order chi connectivity index (χ0) is 21.6. The molecule has 4 rings (SSSR count). The normalized spacial score (nSPS) is 13.8. The summed E-state index contributed by atoms with van der Waals surface area (Å²) in [7, 11) is 3.07. The molecule has 0 spiro atoms. The minimum Gasteiger partial charge on any atom is -0.311 e. The third-order valence-corrected chi connectivity index (χ3v) is 6.45. The molecular formula is C21H25N5O3S. The monoisotopic (exact) mass is 427 g/mol. The van der Waals surface area contributed by atoms with E-state index in [-0.39, 0.29) is 23.3 Å². The summed E-state index contributed by atoms with van der Waals surface area (Å²) in [5, 5.41) is 0.567. The van der Waals surface area contributed by atoms with Crippen molar-refractivity contribution in [3.05, 3.63) is 50.7 Å². The van der Waals surface area contributed by atoms with Gasteiger partial charge in [-0.15, -0.1) is 0 Å². The Labute approximate surface area is 178 Å². The Hall–Kier alpha value is -2.81. The van der Waals surface area contributed by atoms with Crippen molar-refractivity contribution >= 4 is 34.5 Å². The summed E-state index contributed by atoms with van der Waals surface area (Å²) in [5.74, 6) is 0.217. The van der Waals surface area contributed by atoms with Crippen molar-refractivity contribution in [2.24, 2.45) is 14.1 Å². The van der Waals surface area contributed by atoms with Crippen LogP contribution in [0.15, 0.2) is 39.0 Å². The van der Waals surface area contributed by atoms with Gasteiger partial charge in [-0.05, 0) is 38.3 Å². The maximum atomic E-state index is 13.0. The first-order valence-corrected chi connectivity index (χ1v) is 11.0. The van der Waals surface area contributed by atoms with Crippen LogP contribution in [-0.4, -0.2) is 36.9 Å². The topological polar surface area (TPSA) is 82.1 Å². The molecule has 8 nitrogen and oxygen atoms in total. The molecule has 9 heteroatoms. The minimum absolute atomic E-state index is 0.0105. The van der Waals surface area contributed by atoms with Crippen LogP contribution in [0.4, 0.5) is 5.69 Å². The molecule has 1 aliphatic heterocycles. The molecule has 0 atom stereocenters. The van der Waals surface area contributed by atoms with Gasteiger partial charge in [-0.1, -0.05) is 30.0 Å². The number of hydrogen-bond donors (Lipinski definition) is 0. The van der Waals surface area contributed by atoms with E-state index in [9.17, 15) is 14.4 Å². The molecule has 0 saturated heterocycles. The lowest BCUT2D eigenvalue weighted by atomic mass is 10.0. The predicted molar refractivity (Wildman–Crippen MR) is 118 cm³/mol. The van der Waals surface area contributed by atoms with Crippen LogP contribution in [0.3, 0.4) is 0 Å². The molecule has 158 valence electrons. The molecule has 2 aromatic heterocycles. The Morgan fingerprint density at radius 1 is 1.17 bits per heavy atom. The fourth-order valence-electron chi connectivity index (χ4n) is 3.97. The lowest BCUT2D eigenvalue weighted by Crippen LogP contribution is -2.37. The largest absolute Gasteiger partial charge is 0.332 e. The summed E-state index contributed by atoms with van der Waals surface area (Å²) < 4.78 is 4.29. The molecule has 1 aromatic carbocycles. The molecule has 3 aromatic rings.